The molecular formula is C13H20N2O. The Morgan fingerprint density at radius 1 is 1.31 bits per heavy atom. The Hall–Kier alpha value is -1.35. The zero-order valence-corrected chi connectivity index (χ0v) is 9.99. The molecule has 0 saturated heterocycles. The highest BCUT2D eigenvalue weighted by Gasteiger charge is 2.11. The molecule has 0 fully saturated rings. The van der Waals surface area contributed by atoms with Crippen LogP contribution in [-0.4, -0.2) is 19.5 Å². The smallest absolute Gasteiger partial charge is 0.221 e. The lowest BCUT2D eigenvalue weighted by Crippen LogP contribution is -2.30. The highest BCUT2D eigenvalue weighted by molar-refractivity contribution is 5.76. The predicted octanol–water partition coefficient (Wildman–Crippen LogP) is 1.86. The second-order valence-electron chi connectivity index (χ2n) is 3.79. The number of nitrogens with one attached hydrogen (secondary N) is 2. The van der Waals surface area contributed by atoms with Crippen LogP contribution in [0.1, 0.15) is 31.4 Å². The molecule has 0 aliphatic rings. The van der Waals surface area contributed by atoms with Gasteiger partial charge in [0, 0.05) is 13.0 Å². The normalized spacial score (nSPS) is 12.1. The van der Waals surface area contributed by atoms with Gasteiger partial charge in [-0.15, -0.1) is 0 Å². The fourth-order valence-corrected chi connectivity index (χ4v) is 1.61. The van der Waals surface area contributed by atoms with Crippen molar-refractivity contribution in [1.29, 1.82) is 0 Å². The summed E-state index contributed by atoms with van der Waals surface area (Å²) in [4.78, 5) is 11.6. The van der Waals surface area contributed by atoms with Crippen molar-refractivity contribution >= 4 is 5.91 Å². The number of benzene rings is 1. The van der Waals surface area contributed by atoms with E-state index in [1.165, 1.54) is 5.56 Å². The van der Waals surface area contributed by atoms with Crippen molar-refractivity contribution in [3.63, 3.8) is 0 Å². The van der Waals surface area contributed by atoms with Crippen LogP contribution in [0, 0.1) is 0 Å². The second kappa shape index (κ2) is 7.01. The molecule has 0 saturated carbocycles. The van der Waals surface area contributed by atoms with Crippen LogP contribution in [0.3, 0.4) is 0 Å². The summed E-state index contributed by atoms with van der Waals surface area (Å²) in [6.07, 6.45) is 1.44. The minimum atomic E-state index is 0.102. The van der Waals surface area contributed by atoms with Crippen molar-refractivity contribution in [3.05, 3.63) is 35.9 Å². The molecule has 1 atom stereocenters. The Bertz CT molecular complexity index is 311. The van der Waals surface area contributed by atoms with E-state index in [0.29, 0.717) is 6.42 Å². The molecule has 0 aliphatic carbocycles. The van der Waals surface area contributed by atoms with Crippen molar-refractivity contribution in [2.75, 3.05) is 13.6 Å². The van der Waals surface area contributed by atoms with Crippen LogP contribution in [0.15, 0.2) is 30.3 Å². The predicted molar refractivity (Wildman–Crippen MR) is 66.2 cm³/mol. The lowest BCUT2D eigenvalue weighted by molar-refractivity contribution is -0.121. The minimum absolute atomic E-state index is 0.102. The molecule has 3 nitrogen and oxygen atoms in total. The lowest BCUT2D eigenvalue weighted by atomic mass is 10.0. The van der Waals surface area contributed by atoms with E-state index in [1.54, 1.807) is 0 Å². The summed E-state index contributed by atoms with van der Waals surface area (Å²) < 4.78 is 0. The van der Waals surface area contributed by atoms with Crippen LogP contribution in [0.5, 0.6) is 0 Å². The molecule has 0 aliphatic heterocycles. The van der Waals surface area contributed by atoms with E-state index in [2.05, 4.69) is 17.6 Å². The van der Waals surface area contributed by atoms with Crippen molar-refractivity contribution in [2.45, 2.75) is 25.8 Å². The molecule has 1 aromatic carbocycles. The van der Waals surface area contributed by atoms with Gasteiger partial charge in [0.2, 0.25) is 5.91 Å². The van der Waals surface area contributed by atoms with Crippen LogP contribution in [0.4, 0.5) is 0 Å². The van der Waals surface area contributed by atoms with E-state index in [1.807, 2.05) is 37.4 Å². The quantitative estimate of drug-likeness (QED) is 0.768. The number of rotatable bonds is 6. The Kier molecular flexibility index (Phi) is 5.57. The third kappa shape index (κ3) is 4.03. The molecule has 0 bridgehead atoms. The van der Waals surface area contributed by atoms with Crippen molar-refractivity contribution in [2.24, 2.45) is 0 Å². The molecule has 0 spiro atoms. The standard InChI is InChI=1S/C13H20N2O/c1-3-12(11-7-5-4-6-8-11)15-13(16)9-10-14-2/h4-8,12,14H,3,9-10H2,1-2H3,(H,15,16). The first-order valence-electron chi connectivity index (χ1n) is 5.76. The van der Waals surface area contributed by atoms with Crippen LogP contribution in [-0.2, 0) is 4.79 Å². The highest BCUT2D eigenvalue weighted by Crippen LogP contribution is 2.15. The minimum Gasteiger partial charge on any atom is -0.349 e. The summed E-state index contributed by atoms with van der Waals surface area (Å²) in [5, 5.41) is 6.01. The van der Waals surface area contributed by atoms with E-state index in [0.717, 1.165) is 13.0 Å². The van der Waals surface area contributed by atoms with Crippen LogP contribution < -0.4 is 10.6 Å². The van der Waals surface area contributed by atoms with Crippen LogP contribution in [0.2, 0.25) is 0 Å². The van der Waals surface area contributed by atoms with Gasteiger partial charge in [-0.1, -0.05) is 37.3 Å². The molecule has 16 heavy (non-hydrogen) atoms. The van der Waals surface area contributed by atoms with Gasteiger partial charge < -0.3 is 10.6 Å². The van der Waals surface area contributed by atoms with Gasteiger partial charge in [-0.3, -0.25) is 4.79 Å². The Morgan fingerprint density at radius 2 is 2.00 bits per heavy atom. The number of amides is 1. The van der Waals surface area contributed by atoms with E-state index in [-0.39, 0.29) is 11.9 Å². The third-order valence-electron chi connectivity index (χ3n) is 2.55. The highest BCUT2D eigenvalue weighted by atomic mass is 16.1. The average molecular weight is 220 g/mol. The first kappa shape index (κ1) is 12.7. The van der Waals surface area contributed by atoms with Crippen molar-refractivity contribution in [1.82, 2.24) is 10.6 Å². The topological polar surface area (TPSA) is 41.1 Å². The maximum Gasteiger partial charge on any atom is 0.221 e. The monoisotopic (exact) mass is 220 g/mol. The van der Waals surface area contributed by atoms with E-state index in [9.17, 15) is 4.79 Å². The van der Waals surface area contributed by atoms with Gasteiger partial charge in [0.15, 0.2) is 0 Å². The zero-order chi connectivity index (χ0) is 11.8. The molecule has 1 aromatic rings. The summed E-state index contributed by atoms with van der Waals surface area (Å²) in [6.45, 7) is 2.80. The summed E-state index contributed by atoms with van der Waals surface area (Å²) in [5.74, 6) is 0.102. The summed E-state index contributed by atoms with van der Waals surface area (Å²) >= 11 is 0. The largest absolute Gasteiger partial charge is 0.349 e. The van der Waals surface area contributed by atoms with Gasteiger partial charge in [-0.2, -0.15) is 0 Å². The summed E-state index contributed by atoms with van der Waals surface area (Å²) in [6, 6.07) is 10.2. The fourth-order valence-electron chi connectivity index (χ4n) is 1.61. The molecule has 3 heteroatoms. The number of hydrogen-bond donors (Lipinski definition) is 2. The fraction of sp³-hybridized carbons (Fsp3) is 0.462. The van der Waals surface area contributed by atoms with E-state index in [4.69, 9.17) is 0 Å². The van der Waals surface area contributed by atoms with E-state index >= 15 is 0 Å². The number of hydrogen-bond acceptors (Lipinski definition) is 2. The van der Waals surface area contributed by atoms with Crippen molar-refractivity contribution < 1.29 is 4.79 Å². The molecule has 1 unspecified atom stereocenters. The van der Waals surface area contributed by atoms with Crippen LogP contribution >= 0.6 is 0 Å². The molecule has 88 valence electrons. The Labute approximate surface area is 97.2 Å². The first-order chi connectivity index (χ1) is 7.77. The van der Waals surface area contributed by atoms with Gasteiger partial charge in [-0.25, -0.2) is 0 Å². The maximum absolute atomic E-state index is 11.6. The summed E-state index contributed by atoms with van der Waals surface area (Å²) in [5.41, 5.74) is 1.17. The summed E-state index contributed by atoms with van der Waals surface area (Å²) in [7, 11) is 1.85. The molecule has 0 aromatic heterocycles. The molecular weight excluding hydrogens is 200 g/mol. The molecule has 0 radical (unpaired) electrons. The van der Waals surface area contributed by atoms with Crippen LogP contribution in [0.25, 0.3) is 0 Å². The van der Waals surface area contributed by atoms with Gasteiger partial charge in [0.25, 0.3) is 0 Å². The third-order valence-corrected chi connectivity index (χ3v) is 2.55. The molecule has 1 amide bonds. The Morgan fingerprint density at radius 3 is 2.56 bits per heavy atom. The van der Waals surface area contributed by atoms with Gasteiger partial charge in [0.1, 0.15) is 0 Å². The van der Waals surface area contributed by atoms with Gasteiger partial charge in [0.05, 0.1) is 6.04 Å². The second-order valence-corrected chi connectivity index (χ2v) is 3.79. The molecule has 2 N–H and O–H groups in total. The van der Waals surface area contributed by atoms with Gasteiger partial charge >= 0.3 is 0 Å². The maximum atomic E-state index is 11.6. The Balaban J connectivity index is 2.52. The van der Waals surface area contributed by atoms with Gasteiger partial charge in [-0.05, 0) is 19.0 Å². The average Bonchev–Trinajstić information content (AvgIpc) is 2.34. The SMILES string of the molecule is CCC(NC(=O)CCNC)c1ccccc1. The lowest BCUT2D eigenvalue weighted by Gasteiger charge is -2.17. The number of carbonyl (C=O) groups is 1. The van der Waals surface area contributed by atoms with E-state index < -0.39 is 0 Å². The van der Waals surface area contributed by atoms with Crippen molar-refractivity contribution in [3.8, 4) is 0 Å². The molecule has 0 heterocycles. The first-order valence-corrected chi connectivity index (χ1v) is 5.76. The number of carbonyl (C=O) groups excluding carboxylic acids is 1. The zero-order valence-electron chi connectivity index (χ0n) is 9.99. The molecule has 1 rings (SSSR count).